The molecule has 1 unspecified atom stereocenters. The summed E-state index contributed by atoms with van der Waals surface area (Å²) in [6.07, 6.45) is 11.9. The molecule has 116 valence electrons. The maximum atomic E-state index is 9.74. The third kappa shape index (κ3) is 2.83. The zero-order valence-corrected chi connectivity index (χ0v) is 13.2. The number of ether oxygens (including phenoxy) is 2. The van der Waals surface area contributed by atoms with Crippen LogP contribution in [0.15, 0.2) is 30.4 Å². The van der Waals surface area contributed by atoms with Crippen LogP contribution in [-0.2, 0) is 5.41 Å². The smallest absolute Gasteiger partial charge is 0.161 e. The minimum atomic E-state index is -0.422. The molecular formula is C19H23NO2. The average molecular weight is 297 g/mol. The predicted octanol–water partition coefficient (Wildman–Crippen LogP) is 4.52. The van der Waals surface area contributed by atoms with Crippen molar-refractivity contribution in [3.63, 3.8) is 0 Å². The van der Waals surface area contributed by atoms with Crippen LogP contribution in [0.2, 0.25) is 0 Å². The largest absolute Gasteiger partial charge is 0.493 e. The first-order valence-corrected chi connectivity index (χ1v) is 8.19. The predicted molar refractivity (Wildman–Crippen MR) is 86.2 cm³/mol. The van der Waals surface area contributed by atoms with Crippen LogP contribution >= 0.6 is 0 Å². The second kappa shape index (κ2) is 6.44. The number of rotatable bonds is 4. The van der Waals surface area contributed by atoms with Gasteiger partial charge in [-0.2, -0.15) is 5.26 Å². The molecule has 2 aliphatic carbocycles. The Labute approximate surface area is 132 Å². The summed E-state index contributed by atoms with van der Waals surface area (Å²) >= 11 is 0. The molecule has 0 spiro atoms. The first-order valence-electron chi connectivity index (χ1n) is 8.19. The van der Waals surface area contributed by atoms with E-state index in [0.29, 0.717) is 0 Å². The van der Waals surface area contributed by atoms with Crippen LogP contribution in [0.3, 0.4) is 0 Å². The van der Waals surface area contributed by atoms with E-state index in [1.807, 2.05) is 18.2 Å². The summed E-state index contributed by atoms with van der Waals surface area (Å²) in [6.45, 7) is 0. The van der Waals surface area contributed by atoms with E-state index in [2.05, 4.69) is 18.2 Å². The zero-order valence-electron chi connectivity index (χ0n) is 13.2. The third-order valence-electron chi connectivity index (χ3n) is 4.90. The highest BCUT2D eigenvalue weighted by Gasteiger charge is 2.33. The summed E-state index contributed by atoms with van der Waals surface area (Å²) in [7, 11) is 1.67. The lowest BCUT2D eigenvalue weighted by Crippen LogP contribution is -2.25. The Balaban J connectivity index is 1.92. The fourth-order valence-corrected chi connectivity index (χ4v) is 3.51. The fraction of sp³-hybridized carbons (Fsp3) is 0.526. The Morgan fingerprint density at radius 1 is 1.18 bits per heavy atom. The zero-order chi connectivity index (χ0) is 15.4. The average Bonchev–Trinajstić information content (AvgIpc) is 3.08. The van der Waals surface area contributed by atoms with Gasteiger partial charge in [-0.3, -0.25) is 0 Å². The monoisotopic (exact) mass is 297 g/mol. The van der Waals surface area contributed by atoms with Gasteiger partial charge in [-0.15, -0.1) is 0 Å². The van der Waals surface area contributed by atoms with Crippen molar-refractivity contribution in [2.75, 3.05) is 7.11 Å². The summed E-state index contributed by atoms with van der Waals surface area (Å²) in [4.78, 5) is 0. The lowest BCUT2D eigenvalue weighted by atomic mass is 9.73. The quantitative estimate of drug-likeness (QED) is 0.767. The molecule has 0 aliphatic heterocycles. The van der Waals surface area contributed by atoms with Crippen LogP contribution in [0.5, 0.6) is 11.5 Å². The number of allylic oxidation sites excluding steroid dienone is 2. The molecule has 0 heterocycles. The Kier molecular flexibility index (Phi) is 4.38. The Morgan fingerprint density at radius 3 is 2.64 bits per heavy atom. The summed E-state index contributed by atoms with van der Waals surface area (Å²) < 4.78 is 11.6. The van der Waals surface area contributed by atoms with Crippen LogP contribution in [0.1, 0.15) is 50.5 Å². The van der Waals surface area contributed by atoms with E-state index in [-0.39, 0.29) is 6.10 Å². The van der Waals surface area contributed by atoms with Gasteiger partial charge in [-0.25, -0.2) is 0 Å². The summed E-state index contributed by atoms with van der Waals surface area (Å²) in [5.74, 6) is 1.55. The van der Waals surface area contributed by atoms with Gasteiger partial charge < -0.3 is 9.47 Å². The second-order valence-electron chi connectivity index (χ2n) is 6.30. The fourth-order valence-electron chi connectivity index (χ4n) is 3.51. The maximum absolute atomic E-state index is 9.74. The van der Waals surface area contributed by atoms with Crippen molar-refractivity contribution in [3.05, 3.63) is 35.9 Å². The number of methoxy groups -OCH3 is 1. The van der Waals surface area contributed by atoms with Gasteiger partial charge in [-0.1, -0.05) is 18.2 Å². The second-order valence-corrected chi connectivity index (χ2v) is 6.30. The summed E-state index contributed by atoms with van der Waals surface area (Å²) in [6, 6.07) is 8.53. The van der Waals surface area contributed by atoms with Crippen molar-refractivity contribution in [2.24, 2.45) is 0 Å². The SMILES string of the molecule is COc1ccc(C2(C#N)CC=CCC2)cc1OC1CCCC1. The minimum absolute atomic E-state index is 0.286. The summed E-state index contributed by atoms with van der Waals surface area (Å²) in [5.41, 5.74) is 0.627. The number of nitriles is 1. The molecule has 22 heavy (non-hydrogen) atoms. The van der Waals surface area contributed by atoms with E-state index in [9.17, 15) is 5.26 Å². The van der Waals surface area contributed by atoms with Crippen molar-refractivity contribution < 1.29 is 9.47 Å². The molecule has 0 aromatic heterocycles. The lowest BCUT2D eigenvalue weighted by molar-refractivity contribution is 0.200. The summed E-state index contributed by atoms with van der Waals surface area (Å²) in [5, 5.41) is 9.74. The van der Waals surface area contributed by atoms with E-state index >= 15 is 0 Å². The molecule has 1 aromatic carbocycles. The minimum Gasteiger partial charge on any atom is -0.493 e. The van der Waals surface area contributed by atoms with E-state index in [4.69, 9.17) is 9.47 Å². The van der Waals surface area contributed by atoms with Gasteiger partial charge in [0.1, 0.15) is 0 Å². The third-order valence-corrected chi connectivity index (χ3v) is 4.90. The van der Waals surface area contributed by atoms with Gasteiger partial charge >= 0.3 is 0 Å². The normalized spacial score (nSPS) is 24.9. The van der Waals surface area contributed by atoms with Crippen LogP contribution in [0.25, 0.3) is 0 Å². The number of nitrogens with zero attached hydrogens (tertiary/aromatic N) is 1. The van der Waals surface area contributed by atoms with Gasteiger partial charge in [0.2, 0.25) is 0 Å². The maximum Gasteiger partial charge on any atom is 0.161 e. The molecule has 1 saturated carbocycles. The molecule has 1 atom stereocenters. The van der Waals surface area contributed by atoms with Crippen LogP contribution in [-0.4, -0.2) is 13.2 Å². The molecule has 3 heteroatoms. The molecular weight excluding hydrogens is 274 g/mol. The van der Waals surface area contributed by atoms with Gasteiger partial charge in [0.25, 0.3) is 0 Å². The van der Waals surface area contributed by atoms with Crippen LogP contribution in [0, 0.1) is 11.3 Å². The van der Waals surface area contributed by atoms with Crippen molar-refractivity contribution >= 4 is 0 Å². The molecule has 0 bridgehead atoms. The van der Waals surface area contributed by atoms with Gasteiger partial charge in [0, 0.05) is 0 Å². The van der Waals surface area contributed by atoms with Crippen molar-refractivity contribution in [2.45, 2.75) is 56.5 Å². The number of benzene rings is 1. The topological polar surface area (TPSA) is 42.2 Å². The van der Waals surface area contributed by atoms with Crippen LogP contribution in [0.4, 0.5) is 0 Å². The number of hydrogen-bond donors (Lipinski definition) is 0. The van der Waals surface area contributed by atoms with E-state index < -0.39 is 5.41 Å². The standard InChI is InChI=1S/C19H23NO2/c1-21-17-10-9-15(19(14-20)11-5-2-6-12-19)13-18(17)22-16-7-3-4-8-16/h2,5,9-10,13,16H,3-4,6-8,11-12H2,1H3. The van der Waals surface area contributed by atoms with E-state index in [0.717, 1.165) is 49.2 Å². The van der Waals surface area contributed by atoms with E-state index in [1.54, 1.807) is 7.11 Å². The number of hydrogen-bond acceptors (Lipinski definition) is 3. The van der Waals surface area contributed by atoms with Crippen molar-refractivity contribution in [1.82, 2.24) is 0 Å². The Morgan fingerprint density at radius 2 is 2.00 bits per heavy atom. The molecule has 0 amide bonds. The van der Waals surface area contributed by atoms with E-state index in [1.165, 1.54) is 12.8 Å². The highest BCUT2D eigenvalue weighted by atomic mass is 16.5. The Bertz CT molecular complexity index is 596. The highest BCUT2D eigenvalue weighted by Crippen LogP contribution is 2.40. The molecule has 3 rings (SSSR count). The molecule has 1 fully saturated rings. The molecule has 3 nitrogen and oxygen atoms in total. The first-order chi connectivity index (χ1) is 10.8. The van der Waals surface area contributed by atoms with Crippen molar-refractivity contribution in [1.29, 1.82) is 5.26 Å². The molecule has 1 aromatic rings. The van der Waals surface area contributed by atoms with Gasteiger partial charge in [-0.05, 0) is 62.6 Å². The Hall–Kier alpha value is -1.95. The molecule has 0 saturated heterocycles. The van der Waals surface area contributed by atoms with Crippen LogP contribution < -0.4 is 9.47 Å². The molecule has 2 aliphatic rings. The molecule has 0 N–H and O–H groups in total. The first kappa shape index (κ1) is 15.0. The van der Waals surface area contributed by atoms with Crippen molar-refractivity contribution in [3.8, 4) is 17.6 Å². The lowest BCUT2D eigenvalue weighted by Gasteiger charge is -2.29. The highest BCUT2D eigenvalue weighted by molar-refractivity contribution is 5.48. The van der Waals surface area contributed by atoms with Gasteiger partial charge in [0.15, 0.2) is 11.5 Å². The van der Waals surface area contributed by atoms with Gasteiger partial charge in [0.05, 0.1) is 24.7 Å². The molecule has 0 radical (unpaired) electrons.